The summed E-state index contributed by atoms with van der Waals surface area (Å²) >= 11 is 0. The third kappa shape index (κ3) is 3.91. The first-order chi connectivity index (χ1) is 15.5. The van der Waals surface area contributed by atoms with Crippen LogP contribution in [0, 0.1) is 11.3 Å². The lowest BCUT2D eigenvalue weighted by Crippen LogP contribution is -2.41. The lowest BCUT2D eigenvalue weighted by atomic mass is 9.80. The molecule has 1 aliphatic carbocycles. The zero-order valence-corrected chi connectivity index (χ0v) is 18.7. The monoisotopic (exact) mass is 449 g/mol. The topological polar surface area (TPSA) is 79.4 Å². The van der Waals surface area contributed by atoms with Crippen molar-refractivity contribution in [2.75, 3.05) is 19.6 Å². The maximum absolute atomic E-state index is 13.5. The van der Waals surface area contributed by atoms with Crippen LogP contribution >= 0.6 is 0 Å². The molecule has 2 aliphatic rings. The molecular formula is C25H27N3O3S. The summed E-state index contributed by atoms with van der Waals surface area (Å²) in [4.78, 5) is 16.8. The van der Waals surface area contributed by atoms with Crippen LogP contribution in [-0.4, -0.2) is 43.2 Å². The Balaban J connectivity index is 1.31. The Labute approximate surface area is 188 Å². The first-order valence-electron chi connectivity index (χ1n) is 11.1. The Bertz CT molecular complexity index is 1250. The predicted octanol–water partition coefficient (Wildman–Crippen LogP) is 3.38. The fourth-order valence-corrected chi connectivity index (χ4v) is 6.95. The lowest BCUT2D eigenvalue weighted by Gasteiger charge is -2.29. The van der Waals surface area contributed by atoms with Crippen LogP contribution in [0.1, 0.15) is 24.8 Å². The van der Waals surface area contributed by atoms with Crippen molar-refractivity contribution < 1.29 is 13.2 Å². The van der Waals surface area contributed by atoms with Gasteiger partial charge in [-0.05, 0) is 59.4 Å². The number of rotatable bonds is 6. The summed E-state index contributed by atoms with van der Waals surface area (Å²) in [6.45, 7) is 1.50. The van der Waals surface area contributed by atoms with Crippen LogP contribution in [0.4, 0.5) is 0 Å². The molecule has 1 saturated carbocycles. The number of amides is 1. The molecule has 0 spiro atoms. The number of carbonyl (C=O) groups is 1. The van der Waals surface area contributed by atoms with Gasteiger partial charge in [0.25, 0.3) is 0 Å². The second-order valence-electron chi connectivity index (χ2n) is 9.07. The minimum absolute atomic E-state index is 0.0351. The first kappa shape index (κ1) is 21.1. The highest BCUT2D eigenvalue weighted by Gasteiger charge is 2.52. The average molecular weight is 450 g/mol. The van der Waals surface area contributed by atoms with Gasteiger partial charge in [-0.1, -0.05) is 36.8 Å². The highest BCUT2D eigenvalue weighted by atomic mass is 32.2. The van der Waals surface area contributed by atoms with Gasteiger partial charge in [-0.2, -0.15) is 4.31 Å². The fraction of sp³-hybridized carbons (Fsp3) is 0.360. The Morgan fingerprint density at radius 2 is 1.88 bits per heavy atom. The van der Waals surface area contributed by atoms with E-state index in [9.17, 15) is 13.2 Å². The molecule has 1 amide bonds. The Hall–Kier alpha value is -2.77. The third-order valence-corrected chi connectivity index (χ3v) is 8.93. The summed E-state index contributed by atoms with van der Waals surface area (Å²) in [5.74, 6) is 0.242. The number of aromatic nitrogens is 1. The van der Waals surface area contributed by atoms with Crippen molar-refractivity contribution in [1.29, 1.82) is 0 Å². The van der Waals surface area contributed by atoms with Gasteiger partial charge in [0.2, 0.25) is 15.9 Å². The van der Waals surface area contributed by atoms with Gasteiger partial charge in [-0.3, -0.25) is 9.78 Å². The van der Waals surface area contributed by atoms with Crippen LogP contribution in [0.2, 0.25) is 0 Å². The first-order valence-corrected chi connectivity index (χ1v) is 12.5. The van der Waals surface area contributed by atoms with Gasteiger partial charge in [-0.25, -0.2) is 8.42 Å². The van der Waals surface area contributed by atoms with E-state index in [0.29, 0.717) is 31.0 Å². The Morgan fingerprint density at radius 1 is 1.09 bits per heavy atom. The largest absolute Gasteiger partial charge is 0.355 e. The van der Waals surface area contributed by atoms with Crippen molar-refractivity contribution in [2.45, 2.75) is 30.6 Å². The summed E-state index contributed by atoms with van der Waals surface area (Å²) in [5.41, 5.74) is 0.738. The van der Waals surface area contributed by atoms with E-state index in [1.807, 2.05) is 42.5 Å². The third-order valence-electron chi connectivity index (χ3n) is 7.12. The molecule has 0 bridgehead atoms. The molecule has 2 heterocycles. The quantitative estimate of drug-likeness (QED) is 0.626. The smallest absolute Gasteiger partial charge is 0.243 e. The molecule has 2 aromatic carbocycles. The molecule has 1 aliphatic heterocycles. The molecule has 32 heavy (non-hydrogen) atoms. The fourth-order valence-electron chi connectivity index (χ4n) is 5.34. The van der Waals surface area contributed by atoms with Crippen LogP contribution in [0.5, 0.6) is 0 Å². The lowest BCUT2D eigenvalue weighted by molar-refractivity contribution is -0.121. The second kappa shape index (κ2) is 8.30. The number of hydrogen-bond acceptors (Lipinski definition) is 4. The van der Waals surface area contributed by atoms with E-state index in [2.05, 4.69) is 10.3 Å². The maximum atomic E-state index is 13.5. The van der Waals surface area contributed by atoms with Crippen molar-refractivity contribution in [3.8, 4) is 0 Å². The molecule has 0 radical (unpaired) electrons. The number of fused-ring (bicyclic) bond motifs is 2. The molecule has 166 valence electrons. The normalized spacial score (nSPS) is 23.3. The highest BCUT2D eigenvalue weighted by molar-refractivity contribution is 7.89. The SMILES string of the molecule is O=C(Cc1ccncc1)NC[C@@]12CCC[C@H]1CN(S(=O)(=O)c1ccc3ccccc3c1)C2. The molecule has 2 atom stereocenters. The van der Waals surface area contributed by atoms with E-state index in [0.717, 1.165) is 35.6 Å². The Kier molecular flexibility index (Phi) is 5.47. The van der Waals surface area contributed by atoms with E-state index in [1.165, 1.54) is 0 Å². The van der Waals surface area contributed by atoms with Crippen molar-refractivity contribution >= 4 is 26.7 Å². The molecule has 1 N–H and O–H groups in total. The second-order valence-corrected chi connectivity index (χ2v) is 11.0. The van der Waals surface area contributed by atoms with Crippen molar-refractivity contribution in [3.63, 3.8) is 0 Å². The van der Waals surface area contributed by atoms with Crippen LogP contribution in [0.25, 0.3) is 10.8 Å². The zero-order chi connectivity index (χ0) is 22.2. The summed E-state index contributed by atoms with van der Waals surface area (Å²) in [7, 11) is -3.58. The summed E-state index contributed by atoms with van der Waals surface area (Å²) in [6, 6.07) is 16.8. The van der Waals surface area contributed by atoms with Gasteiger partial charge < -0.3 is 5.32 Å². The summed E-state index contributed by atoms with van der Waals surface area (Å²) < 4.78 is 28.6. The van der Waals surface area contributed by atoms with Crippen molar-refractivity contribution in [3.05, 3.63) is 72.6 Å². The minimum atomic E-state index is -3.58. The van der Waals surface area contributed by atoms with Crippen LogP contribution in [-0.2, 0) is 21.2 Å². The van der Waals surface area contributed by atoms with E-state index < -0.39 is 10.0 Å². The standard InChI is InChI=1S/C25H27N3O3S/c29-24(14-19-9-12-26-13-10-19)27-17-25-11-3-6-22(25)16-28(18-25)32(30,31)23-8-7-20-4-1-2-5-21(20)15-23/h1-2,4-5,7-10,12-13,15,22H,3,6,11,14,16-18H2,(H,27,29)/t22-,25+/m0/s1. The number of benzene rings is 2. The number of nitrogens with zero attached hydrogens (tertiary/aromatic N) is 2. The van der Waals surface area contributed by atoms with E-state index in [4.69, 9.17) is 0 Å². The van der Waals surface area contributed by atoms with Gasteiger partial charge in [0.15, 0.2) is 0 Å². The molecule has 1 saturated heterocycles. The molecule has 1 aromatic heterocycles. The predicted molar refractivity (Wildman–Crippen MR) is 123 cm³/mol. The highest BCUT2D eigenvalue weighted by Crippen LogP contribution is 2.49. The van der Waals surface area contributed by atoms with Crippen LogP contribution in [0.3, 0.4) is 0 Å². The number of carbonyl (C=O) groups excluding carboxylic acids is 1. The minimum Gasteiger partial charge on any atom is -0.355 e. The van der Waals surface area contributed by atoms with Crippen LogP contribution in [0.15, 0.2) is 71.9 Å². The number of pyridine rings is 1. The van der Waals surface area contributed by atoms with E-state index in [-0.39, 0.29) is 17.2 Å². The van der Waals surface area contributed by atoms with Gasteiger partial charge in [-0.15, -0.1) is 0 Å². The van der Waals surface area contributed by atoms with Gasteiger partial charge >= 0.3 is 0 Å². The number of hydrogen-bond donors (Lipinski definition) is 1. The molecule has 6 nitrogen and oxygen atoms in total. The summed E-state index contributed by atoms with van der Waals surface area (Å²) in [6.07, 6.45) is 6.69. The van der Waals surface area contributed by atoms with Gasteiger partial charge in [0.1, 0.15) is 0 Å². The number of sulfonamides is 1. The molecule has 0 unspecified atom stereocenters. The number of nitrogens with one attached hydrogen (secondary N) is 1. The Morgan fingerprint density at radius 3 is 2.69 bits per heavy atom. The molecular weight excluding hydrogens is 422 g/mol. The van der Waals surface area contributed by atoms with Crippen molar-refractivity contribution in [2.24, 2.45) is 11.3 Å². The van der Waals surface area contributed by atoms with Gasteiger partial charge in [0.05, 0.1) is 11.3 Å². The molecule has 2 fully saturated rings. The van der Waals surface area contributed by atoms with E-state index >= 15 is 0 Å². The molecule has 5 rings (SSSR count). The van der Waals surface area contributed by atoms with Crippen LogP contribution < -0.4 is 5.32 Å². The summed E-state index contributed by atoms with van der Waals surface area (Å²) in [5, 5.41) is 5.04. The average Bonchev–Trinajstić information content (AvgIpc) is 3.36. The maximum Gasteiger partial charge on any atom is 0.243 e. The molecule has 7 heteroatoms. The van der Waals surface area contributed by atoms with Crippen molar-refractivity contribution in [1.82, 2.24) is 14.6 Å². The van der Waals surface area contributed by atoms with E-state index in [1.54, 1.807) is 28.8 Å². The van der Waals surface area contributed by atoms with Gasteiger partial charge in [0, 0.05) is 37.4 Å². The zero-order valence-electron chi connectivity index (χ0n) is 17.9. The molecule has 3 aromatic rings.